The standard InChI is InChI=1S/C48H31N3/c1-4-14-32(15-5-1)33-24-26-35(27-25-33)41-31-44-43(30-40(41)34-16-6-2-7-17-34)47(36-18-8-3-9-19-36)50-48(49-44)51-45-23-13-12-22-39(45)42-28-37-20-10-11-21-38(37)29-46(42)51/h1-31H. The van der Waals surface area contributed by atoms with Crippen molar-refractivity contribution in [1.29, 1.82) is 0 Å². The molecule has 0 saturated carbocycles. The molecule has 0 atom stereocenters. The molecule has 0 aliphatic rings. The summed E-state index contributed by atoms with van der Waals surface area (Å²) in [5, 5.41) is 5.79. The maximum atomic E-state index is 5.43. The van der Waals surface area contributed by atoms with E-state index in [9.17, 15) is 0 Å². The van der Waals surface area contributed by atoms with Crippen molar-refractivity contribution in [2.45, 2.75) is 0 Å². The van der Waals surface area contributed by atoms with Gasteiger partial charge in [0.2, 0.25) is 5.95 Å². The van der Waals surface area contributed by atoms with Crippen LogP contribution < -0.4 is 0 Å². The Morgan fingerprint density at radius 1 is 0.333 bits per heavy atom. The summed E-state index contributed by atoms with van der Waals surface area (Å²) in [6.07, 6.45) is 0. The lowest BCUT2D eigenvalue weighted by atomic mass is 9.91. The molecular formula is C48H31N3. The Bertz CT molecular complexity index is 2870. The minimum absolute atomic E-state index is 0.653. The van der Waals surface area contributed by atoms with E-state index in [4.69, 9.17) is 9.97 Å². The van der Waals surface area contributed by atoms with Gasteiger partial charge in [0.05, 0.1) is 22.2 Å². The third kappa shape index (κ3) is 4.98. The van der Waals surface area contributed by atoms with Crippen LogP contribution in [0.25, 0.3) is 94.1 Å². The highest BCUT2D eigenvalue weighted by Gasteiger charge is 2.20. The van der Waals surface area contributed by atoms with Crippen molar-refractivity contribution >= 4 is 43.5 Å². The Kier molecular flexibility index (Phi) is 6.81. The SMILES string of the molecule is c1ccc(-c2ccc(-c3cc4nc(-n5c6ccccc6c6cc7ccccc7cc65)nc(-c5ccccc5)c4cc3-c3ccccc3)cc2)cc1. The second-order valence-electron chi connectivity index (χ2n) is 13.0. The summed E-state index contributed by atoms with van der Waals surface area (Å²) < 4.78 is 2.24. The maximum Gasteiger partial charge on any atom is 0.235 e. The summed E-state index contributed by atoms with van der Waals surface area (Å²) in [4.78, 5) is 10.9. The Labute approximate surface area is 295 Å². The third-order valence-corrected chi connectivity index (χ3v) is 10.00. The van der Waals surface area contributed by atoms with Crippen molar-refractivity contribution < 1.29 is 0 Å². The van der Waals surface area contributed by atoms with E-state index < -0.39 is 0 Å². The van der Waals surface area contributed by atoms with Crippen molar-refractivity contribution in [2.75, 3.05) is 0 Å². The van der Waals surface area contributed by atoms with E-state index in [1.165, 1.54) is 32.7 Å². The molecule has 238 valence electrons. The zero-order valence-corrected chi connectivity index (χ0v) is 27.7. The molecule has 2 heterocycles. The highest BCUT2D eigenvalue weighted by atomic mass is 15.2. The molecule has 0 aliphatic carbocycles. The zero-order valence-electron chi connectivity index (χ0n) is 27.7. The van der Waals surface area contributed by atoms with Gasteiger partial charge in [0.1, 0.15) is 0 Å². The van der Waals surface area contributed by atoms with Gasteiger partial charge in [-0.2, -0.15) is 0 Å². The predicted octanol–water partition coefficient (Wildman–Crippen LogP) is 12.5. The van der Waals surface area contributed by atoms with Crippen LogP contribution in [0.3, 0.4) is 0 Å². The van der Waals surface area contributed by atoms with E-state index in [0.29, 0.717) is 5.95 Å². The van der Waals surface area contributed by atoms with Crippen LogP contribution >= 0.6 is 0 Å². The van der Waals surface area contributed by atoms with Crippen molar-refractivity contribution in [3.8, 4) is 50.6 Å². The number of benzene rings is 8. The fourth-order valence-electron chi connectivity index (χ4n) is 7.52. The topological polar surface area (TPSA) is 30.7 Å². The molecule has 10 rings (SSSR count). The molecule has 51 heavy (non-hydrogen) atoms. The first-order valence-corrected chi connectivity index (χ1v) is 17.3. The number of hydrogen-bond acceptors (Lipinski definition) is 2. The molecular weight excluding hydrogens is 619 g/mol. The highest BCUT2D eigenvalue weighted by Crippen LogP contribution is 2.40. The van der Waals surface area contributed by atoms with Gasteiger partial charge in [-0.05, 0) is 74.5 Å². The van der Waals surface area contributed by atoms with Gasteiger partial charge in [-0.1, -0.05) is 158 Å². The van der Waals surface area contributed by atoms with Crippen LogP contribution in [0.2, 0.25) is 0 Å². The average molecular weight is 650 g/mol. The van der Waals surface area contributed by atoms with Crippen molar-refractivity contribution in [3.63, 3.8) is 0 Å². The molecule has 10 aromatic rings. The Morgan fingerprint density at radius 3 is 1.59 bits per heavy atom. The van der Waals surface area contributed by atoms with Crippen LogP contribution in [-0.2, 0) is 0 Å². The van der Waals surface area contributed by atoms with Crippen LogP contribution in [0.15, 0.2) is 188 Å². The van der Waals surface area contributed by atoms with E-state index in [0.717, 1.165) is 55.4 Å². The number of nitrogens with zero attached hydrogens (tertiary/aromatic N) is 3. The number of aromatic nitrogens is 3. The molecule has 2 aromatic heterocycles. The monoisotopic (exact) mass is 649 g/mol. The fourth-order valence-corrected chi connectivity index (χ4v) is 7.52. The largest absolute Gasteiger partial charge is 0.278 e. The first-order valence-electron chi connectivity index (χ1n) is 17.3. The van der Waals surface area contributed by atoms with E-state index in [2.05, 4.69) is 193 Å². The van der Waals surface area contributed by atoms with Crippen molar-refractivity contribution in [1.82, 2.24) is 14.5 Å². The van der Waals surface area contributed by atoms with Gasteiger partial charge in [0.25, 0.3) is 0 Å². The molecule has 3 nitrogen and oxygen atoms in total. The normalized spacial score (nSPS) is 11.5. The molecule has 0 unspecified atom stereocenters. The van der Waals surface area contributed by atoms with Gasteiger partial charge >= 0.3 is 0 Å². The summed E-state index contributed by atoms with van der Waals surface area (Å²) in [5.41, 5.74) is 12.0. The first kappa shape index (κ1) is 29.1. The zero-order chi connectivity index (χ0) is 33.7. The predicted molar refractivity (Wildman–Crippen MR) is 213 cm³/mol. The summed E-state index contributed by atoms with van der Waals surface area (Å²) >= 11 is 0. The van der Waals surface area contributed by atoms with Crippen LogP contribution in [0, 0.1) is 0 Å². The molecule has 8 aromatic carbocycles. The Balaban J connectivity index is 1.27. The summed E-state index contributed by atoms with van der Waals surface area (Å²) in [7, 11) is 0. The Morgan fingerprint density at radius 2 is 0.863 bits per heavy atom. The highest BCUT2D eigenvalue weighted by molar-refractivity contribution is 6.13. The van der Waals surface area contributed by atoms with E-state index in [1.54, 1.807) is 0 Å². The second-order valence-corrected chi connectivity index (χ2v) is 13.0. The molecule has 0 bridgehead atoms. The van der Waals surface area contributed by atoms with Gasteiger partial charge in [-0.25, -0.2) is 9.97 Å². The summed E-state index contributed by atoms with van der Waals surface area (Å²) in [6.45, 7) is 0. The molecule has 0 N–H and O–H groups in total. The molecule has 0 amide bonds. The van der Waals surface area contributed by atoms with Gasteiger partial charge in [-0.3, -0.25) is 4.57 Å². The molecule has 0 radical (unpaired) electrons. The lowest BCUT2D eigenvalue weighted by molar-refractivity contribution is 1.01. The summed E-state index contributed by atoms with van der Waals surface area (Å²) in [5.74, 6) is 0.653. The minimum Gasteiger partial charge on any atom is -0.278 e. The smallest absolute Gasteiger partial charge is 0.235 e. The molecule has 0 saturated heterocycles. The maximum absolute atomic E-state index is 5.43. The number of hydrogen-bond donors (Lipinski definition) is 0. The Hall–Kier alpha value is -6.84. The fraction of sp³-hybridized carbons (Fsp3) is 0. The first-order chi connectivity index (χ1) is 25.3. The van der Waals surface area contributed by atoms with E-state index >= 15 is 0 Å². The second kappa shape index (κ2) is 11.9. The average Bonchev–Trinajstić information content (AvgIpc) is 3.53. The summed E-state index contributed by atoms with van der Waals surface area (Å²) in [6, 6.07) is 66.8. The van der Waals surface area contributed by atoms with Gasteiger partial charge in [0, 0.05) is 21.7 Å². The number of para-hydroxylation sites is 1. The van der Waals surface area contributed by atoms with E-state index in [-0.39, 0.29) is 0 Å². The van der Waals surface area contributed by atoms with Gasteiger partial charge < -0.3 is 0 Å². The molecule has 3 heteroatoms. The molecule has 0 aliphatic heterocycles. The minimum atomic E-state index is 0.653. The number of fused-ring (bicyclic) bond motifs is 5. The van der Waals surface area contributed by atoms with Crippen LogP contribution in [0.1, 0.15) is 0 Å². The van der Waals surface area contributed by atoms with Gasteiger partial charge in [0.15, 0.2) is 0 Å². The quantitative estimate of drug-likeness (QED) is 0.186. The molecule has 0 spiro atoms. The van der Waals surface area contributed by atoms with Gasteiger partial charge in [-0.15, -0.1) is 0 Å². The van der Waals surface area contributed by atoms with Crippen molar-refractivity contribution in [3.05, 3.63) is 188 Å². The van der Waals surface area contributed by atoms with E-state index in [1.807, 2.05) is 0 Å². The lowest BCUT2D eigenvalue weighted by Gasteiger charge is -2.16. The molecule has 0 fully saturated rings. The lowest BCUT2D eigenvalue weighted by Crippen LogP contribution is -2.04. The van der Waals surface area contributed by atoms with Crippen LogP contribution in [0.5, 0.6) is 0 Å². The number of rotatable bonds is 5. The van der Waals surface area contributed by atoms with Crippen LogP contribution in [-0.4, -0.2) is 14.5 Å². The van der Waals surface area contributed by atoms with Crippen molar-refractivity contribution in [2.24, 2.45) is 0 Å². The third-order valence-electron chi connectivity index (χ3n) is 10.00. The van der Waals surface area contributed by atoms with Crippen LogP contribution in [0.4, 0.5) is 0 Å².